The third-order valence-electron chi connectivity index (χ3n) is 5.27. The van der Waals surface area contributed by atoms with E-state index in [2.05, 4.69) is 15.9 Å². The highest BCUT2D eigenvalue weighted by Gasteiger charge is 2.44. The van der Waals surface area contributed by atoms with Crippen LogP contribution in [-0.4, -0.2) is 35.6 Å². The Morgan fingerprint density at radius 3 is 2.22 bits per heavy atom. The van der Waals surface area contributed by atoms with Crippen molar-refractivity contribution < 1.29 is 18.7 Å². The largest absolute Gasteiger partial charge is 0.490 e. The van der Waals surface area contributed by atoms with Crippen LogP contribution in [0.5, 0.6) is 11.5 Å². The molecule has 2 heterocycles. The van der Waals surface area contributed by atoms with E-state index in [0.717, 1.165) is 30.2 Å². The van der Waals surface area contributed by atoms with E-state index in [4.69, 9.17) is 9.47 Å². The van der Waals surface area contributed by atoms with Gasteiger partial charge in [0, 0.05) is 29.4 Å². The fourth-order valence-corrected chi connectivity index (χ4v) is 4.35. The molecule has 2 atom stereocenters. The molecule has 2 aliphatic rings. The summed E-state index contributed by atoms with van der Waals surface area (Å²) >= 11 is 3.38. The van der Waals surface area contributed by atoms with Gasteiger partial charge in [0.15, 0.2) is 6.61 Å². The van der Waals surface area contributed by atoms with Gasteiger partial charge < -0.3 is 14.4 Å². The minimum Gasteiger partial charge on any atom is -0.490 e. The second-order valence-electron chi connectivity index (χ2n) is 7.09. The van der Waals surface area contributed by atoms with Crippen LogP contribution in [-0.2, 0) is 4.79 Å². The van der Waals surface area contributed by atoms with Crippen LogP contribution in [0, 0.1) is 5.82 Å². The van der Waals surface area contributed by atoms with Gasteiger partial charge in [-0.2, -0.15) is 0 Å². The van der Waals surface area contributed by atoms with Gasteiger partial charge in [-0.05, 0) is 61.4 Å². The van der Waals surface area contributed by atoms with Crippen molar-refractivity contribution in [1.82, 2.24) is 4.90 Å². The van der Waals surface area contributed by atoms with Crippen molar-refractivity contribution in [3.63, 3.8) is 0 Å². The quantitative estimate of drug-likeness (QED) is 0.692. The molecule has 2 bridgehead atoms. The zero-order chi connectivity index (χ0) is 18.8. The van der Waals surface area contributed by atoms with E-state index >= 15 is 0 Å². The molecule has 27 heavy (non-hydrogen) atoms. The monoisotopic (exact) mass is 433 g/mol. The molecule has 142 valence electrons. The summed E-state index contributed by atoms with van der Waals surface area (Å²) in [6, 6.07) is 14.0. The molecule has 0 aliphatic carbocycles. The molecular weight excluding hydrogens is 413 g/mol. The highest BCUT2D eigenvalue weighted by Crippen LogP contribution is 2.37. The fourth-order valence-electron chi connectivity index (χ4n) is 4.09. The zero-order valence-corrected chi connectivity index (χ0v) is 16.4. The lowest BCUT2D eigenvalue weighted by atomic mass is 9.99. The molecule has 4 nitrogen and oxygen atoms in total. The minimum absolute atomic E-state index is 0.0330. The molecule has 0 saturated carbocycles. The summed E-state index contributed by atoms with van der Waals surface area (Å²) in [7, 11) is 0. The molecular formula is C21H21BrFNO3. The highest BCUT2D eigenvalue weighted by atomic mass is 79.9. The number of carbonyl (C=O) groups excluding carboxylic acids is 1. The van der Waals surface area contributed by atoms with Crippen LogP contribution in [0.4, 0.5) is 4.39 Å². The summed E-state index contributed by atoms with van der Waals surface area (Å²) in [4.78, 5) is 14.7. The van der Waals surface area contributed by atoms with Crippen molar-refractivity contribution in [2.24, 2.45) is 0 Å². The summed E-state index contributed by atoms with van der Waals surface area (Å²) in [6.07, 6.45) is 3.66. The van der Waals surface area contributed by atoms with Crippen molar-refractivity contribution in [3.05, 3.63) is 58.8 Å². The fraction of sp³-hybridized carbons (Fsp3) is 0.381. The number of benzene rings is 2. The van der Waals surface area contributed by atoms with Crippen molar-refractivity contribution in [2.45, 2.75) is 43.9 Å². The SMILES string of the molecule is O=C(COc1ccc(Br)cc1)N1C2CCC1CC(Oc1ccc(F)cc1)C2. The molecule has 2 unspecified atom stereocenters. The van der Waals surface area contributed by atoms with Crippen LogP contribution in [0.25, 0.3) is 0 Å². The van der Waals surface area contributed by atoms with E-state index in [9.17, 15) is 9.18 Å². The van der Waals surface area contributed by atoms with E-state index in [0.29, 0.717) is 11.5 Å². The maximum absolute atomic E-state index is 13.0. The van der Waals surface area contributed by atoms with Crippen molar-refractivity contribution >= 4 is 21.8 Å². The molecule has 0 radical (unpaired) electrons. The van der Waals surface area contributed by atoms with Crippen molar-refractivity contribution in [1.29, 1.82) is 0 Å². The number of piperidine rings is 1. The second kappa shape index (κ2) is 7.89. The normalized spacial score (nSPS) is 23.9. The summed E-state index contributed by atoms with van der Waals surface area (Å²) in [6.45, 7) is 0.0537. The lowest BCUT2D eigenvalue weighted by Crippen LogP contribution is -2.50. The number of halogens is 2. The van der Waals surface area contributed by atoms with Crippen molar-refractivity contribution in [3.8, 4) is 11.5 Å². The first-order valence-corrected chi connectivity index (χ1v) is 9.99. The summed E-state index contributed by atoms with van der Waals surface area (Å²) in [5.41, 5.74) is 0. The zero-order valence-electron chi connectivity index (χ0n) is 14.8. The Balaban J connectivity index is 1.33. The summed E-state index contributed by atoms with van der Waals surface area (Å²) in [5, 5.41) is 0. The Morgan fingerprint density at radius 2 is 1.59 bits per heavy atom. The molecule has 0 spiro atoms. The summed E-state index contributed by atoms with van der Waals surface area (Å²) in [5.74, 6) is 1.13. The Labute approximate surface area is 166 Å². The Bertz CT molecular complexity index is 782. The van der Waals surface area contributed by atoms with Gasteiger partial charge in [-0.25, -0.2) is 4.39 Å². The first-order valence-electron chi connectivity index (χ1n) is 9.20. The van der Waals surface area contributed by atoms with E-state index in [-0.39, 0.29) is 36.5 Å². The average Bonchev–Trinajstić information content (AvgIpc) is 2.94. The Morgan fingerprint density at radius 1 is 1.00 bits per heavy atom. The van der Waals surface area contributed by atoms with Crippen LogP contribution in [0.3, 0.4) is 0 Å². The first-order chi connectivity index (χ1) is 13.1. The topological polar surface area (TPSA) is 38.8 Å². The van der Waals surface area contributed by atoms with Gasteiger partial charge in [0.1, 0.15) is 23.4 Å². The number of rotatable bonds is 5. The van der Waals surface area contributed by atoms with Crippen LogP contribution in [0.1, 0.15) is 25.7 Å². The smallest absolute Gasteiger partial charge is 0.261 e. The number of hydrogen-bond acceptors (Lipinski definition) is 3. The number of fused-ring (bicyclic) bond motifs is 2. The van der Waals surface area contributed by atoms with E-state index < -0.39 is 0 Å². The molecule has 2 aromatic rings. The number of hydrogen-bond donors (Lipinski definition) is 0. The second-order valence-corrected chi connectivity index (χ2v) is 8.01. The average molecular weight is 434 g/mol. The van der Waals surface area contributed by atoms with Gasteiger partial charge in [0.05, 0.1) is 0 Å². The van der Waals surface area contributed by atoms with Gasteiger partial charge in [-0.3, -0.25) is 4.79 Å². The highest BCUT2D eigenvalue weighted by molar-refractivity contribution is 9.10. The summed E-state index contributed by atoms with van der Waals surface area (Å²) < 4.78 is 25.7. The van der Waals surface area contributed by atoms with E-state index in [1.165, 1.54) is 12.1 Å². The van der Waals surface area contributed by atoms with E-state index in [1.54, 1.807) is 12.1 Å². The van der Waals surface area contributed by atoms with Gasteiger partial charge >= 0.3 is 0 Å². The van der Waals surface area contributed by atoms with Crippen molar-refractivity contribution in [2.75, 3.05) is 6.61 Å². The number of nitrogens with zero attached hydrogens (tertiary/aromatic N) is 1. The molecule has 0 aromatic heterocycles. The molecule has 4 rings (SSSR count). The maximum Gasteiger partial charge on any atom is 0.261 e. The third kappa shape index (κ3) is 4.26. The Kier molecular flexibility index (Phi) is 5.34. The van der Waals surface area contributed by atoms with Gasteiger partial charge in [0.2, 0.25) is 0 Å². The lowest BCUT2D eigenvalue weighted by molar-refractivity contribution is -0.139. The van der Waals surface area contributed by atoms with Gasteiger partial charge in [-0.15, -0.1) is 0 Å². The van der Waals surface area contributed by atoms with Crippen LogP contribution < -0.4 is 9.47 Å². The molecule has 6 heteroatoms. The van der Waals surface area contributed by atoms with E-state index in [1.807, 2.05) is 29.2 Å². The maximum atomic E-state index is 13.0. The molecule has 2 aliphatic heterocycles. The molecule has 2 fully saturated rings. The number of amides is 1. The molecule has 1 amide bonds. The van der Waals surface area contributed by atoms with Crippen LogP contribution in [0.2, 0.25) is 0 Å². The standard InChI is InChI=1S/C21H21BrFNO3/c22-14-1-7-18(8-2-14)26-13-21(25)24-16-5-6-17(24)12-20(11-16)27-19-9-3-15(23)4-10-19/h1-4,7-10,16-17,20H,5-6,11-13H2. The Hall–Kier alpha value is -2.08. The predicted molar refractivity (Wildman–Crippen MR) is 103 cm³/mol. The van der Waals surface area contributed by atoms with Gasteiger partial charge in [-0.1, -0.05) is 15.9 Å². The predicted octanol–water partition coefficient (Wildman–Crippen LogP) is 4.57. The number of carbonyl (C=O) groups is 1. The van der Waals surface area contributed by atoms with Gasteiger partial charge in [0.25, 0.3) is 5.91 Å². The first kappa shape index (κ1) is 18.3. The molecule has 2 saturated heterocycles. The minimum atomic E-state index is -0.270. The molecule has 2 aromatic carbocycles. The number of ether oxygens (including phenoxy) is 2. The lowest BCUT2D eigenvalue weighted by Gasteiger charge is -2.38. The van der Waals surface area contributed by atoms with Crippen LogP contribution >= 0.6 is 15.9 Å². The third-order valence-corrected chi connectivity index (χ3v) is 5.80. The van der Waals surface area contributed by atoms with Crippen LogP contribution in [0.15, 0.2) is 53.0 Å². The molecule has 0 N–H and O–H groups in total.